The molecule has 1 aliphatic rings. The van der Waals surface area contributed by atoms with Crippen molar-refractivity contribution in [3.63, 3.8) is 0 Å². The maximum Gasteiger partial charge on any atom is 0.129 e. The van der Waals surface area contributed by atoms with E-state index in [2.05, 4.69) is 17.1 Å². The Hall–Kier alpha value is -1.13. The number of aliphatic hydroxyl groups is 1. The third-order valence-electron chi connectivity index (χ3n) is 3.99. The minimum atomic E-state index is -0.159. The zero-order valence-electron chi connectivity index (χ0n) is 12.2. The van der Waals surface area contributed by atoms with Crippen LogP contribution in [0.3, 0.4) is 0 Å². The van der Waals surface area contributed by atoms with Gasteiger partial charge < -0.3 is 15.3 Å². The molecule has 0 atom stereocenters. The summed E-state index contributed by atoms with van der Waals surface area (Å²) in [6, 6.07) is 5.70. The number of nitrogens with zero attached hydrogens (tertiary/aromatic N) is 1. The van der Waals surface area contributed by atoms with Gasteiger partial charge in [0, 0.05) is 30.4 Å². The Morgan fingerprint density at radius 3 is 2.80 bits per heavy atom. The summed E-state index contributed by atoms with van der Waals surface area (Å²) in [5.41, 5.74) is 1.66. The van der Waals surface area contributed by atoms with Crippen molar-refractivity contribution in [2.75, 3.05) is 24.6 Å². The van der Waals surface area contributed by atoms with Gasteiger partial charge in [0.05, 0.1) is 6.61 Å². The van der Waals surface area contributed by atoms with Gasteiger partial charge in [-0.25, -0.2) is 4.39 Å². The highest BCUT2D eigenvalue weighted by Gasteiger charge is 2.26. The summed E-state index contributed by atoms with van der Waals surface area (Å²) in [6.07, 6.45) is 4.54. The van der Waals surface area contributed by atoms with Crippen molar-refractivity contribution < 1.29 is 9.50 Å². The normalized spacial score (nSPS) is 15.2. The summed E-state index contributed by atoms with van der Waals surface area (Å²) in [5.74, 6) is -0.159. The standard InChI is InChI=1S/C16H25FN2O/c1-2-9-18-12-14-15(17)7-4-8-16(14)19(10-11-20)13-5-3-6-13/h4,7-8,13,18,20H,2-3,5-6,9-12H2,1H3. The van der Waals surface area contributed by atoms with Crippen molar-refractivity contribution >= 4 is 5.69 Å². The van der Waals surface area contributed by atoms with Gasteiger partial charge in [-0.05, 0) is 44.4 Å². The Kier molecular flexibility index (Phi) is 5.80. The monoisotopic (exact) mass is 280 g/mol. The highest BCUT2D eigenvalue weighted by Crippen LogP contribution is 2.32. The smallest absolute Gasteiger partial charge is 0.129 e. The molecule has 0 heterocycles. The Morgan fingerprint density at radius 1 is 1.40 bits per heavy atom. The highest BCUT2D eigenvalue weighted by molar-refractivity contribution is 5.55. The summed E-state index contributed by atoms with van der Waals surface area (Å²) in [5, 5.41) is 12.6. The van der Waals surface area contributed by atoms with Gasteiger partial charge in [0.2, 0.25) is 0 Å². The van der Waals surface area contributed by atoms with Crippen LogP contribution in [0.2, 0.25) is 0 Å². The first kappa shape index (κ1) is 15.3. The SMILES string of the molecule is CCCNCc1c(F)cccc1N(CCO)C1CCC1. The Morgan fingerprint density at radius 2 is 2.20 bits per heavy atom. The van der Waals surface area contributed by atoms with Crippen LogP contribution in [0.4, 0.5) is 10.1 Å². The molecule has 0 bridgehead atoms. The second-order valence-electron chi connectivity index (χ2n) is 5.42. The maximum absolute atomic E-state index is 14.1. The second-order valence-corrected chi connectivity index (χ2v) is 5.42. The van der Waals surface area contributed by atoms with Gasteiger partial charge in [0.1, 0.15) is 5.82 Å². The largest absolute Gasteiger partial charge is 0.395 e. The van der Waals surface area contributed by atoms with E-state index in [-0.39, 0.29) is 12.4 Å². The molecule has 2 N–H and O–H groups in total. The van der Waals surface area contributed by atoms with Crippen molar-refractivity contribution in [3.05, 3.63) is 29.6 Å². The lowest BCUT2D eigenvalue weighted by Gasteiger charge is -2.40. The molecule has 4 heteroatoms. The molecule has 0 aromatic heterocycles. The fourth-order valence-corrected chi connectivity index (χ4v) is 2.69. The molecule has 1 aromatic rings. The van der Waals surface area contributed by atoms with Crippen LogP contribution in [-0.4, -0.2) is 30.8 Å². The van der Waals surface area contributed by atoms with Gasteiger partial charge in [0.25, 0.3) is 0 Å². The van der Waals surface area contributed by atoms with Gasteiger partial charge in [-0.3, -0.25) is 0 Å². The van der Waals surface area contributed by atoms with Crippen molar-refractivity contribution in [2.45, 2.75) is 45.2 Å². The number of nitrogens with one attached hydrogen (secondary N) is 1. The number of aliphatic hydroxyl groups excluding tert-OH is 1. The Labute approximate surface area is 120 Å². The van der Waals surface area contributed by atoms with E-state index in [4.69, 9.17) is 0 Å². The van der Waals surface area contributed by atoms with Crippen molar-refractivity contribution in [1.29, 1.82) is 0 Å². The lowest BCUT2D eigenvalue weighted by atomic mass is 9.90. The molecule has 1 fully saturated rings. The molecule has 1 saturated carbocycles. The molecule has 0 unspecified atom stereocenters. The van der Waals surface area contributed by atoms with Crippen LogP contribution >= 0.6 is 0 Å². The first-order valence-corrected chi connectivity index (χ1v) is 7.63. The van der Waals surface area contributed by atoms with E-state index in [1.54, 1.807) is 6.07 Å². The van der Waals surface area contributed by atoms with Gasteiger partial charge >= 0.3 is 0 Å². The first-order chi connectivity index (χ1) is 9.77. The molecule has 0 saturated heterocycles. The second kappa shape index (κ2) is 7.60. The fraction of sp³-hybridized carbons (Fsp3) is 0.625. The fourth-order valence-electron chi connectivity index (χ4n) is 2.69. The molecule has 1 aliphatic carbocycles. The zero-order chi connectivity index (χ0) is 14.4. The van der Waals surface area contributed by atoms with Crippen LogP contribution in [-0.2, 0) is 6.54 Å². The van der Waals surface area contributed by atoms with Gasteiger partial charge in [0.15, 0.2) is 0 Å². The summed E-state index contributed by atoms with van der Waals surface area (Å²) in [7, 11) is 0. The molecule has 2 rings (SSSR count). The van der Waals surface area contributed by atoms with Crippen LogP contribution < -0.4 is 10.2 Å². The van der Waals surface area contributed by atoms with Crippen LogP contribution in [0, 0.1) is 5.82 Å². The average molecular weight is 280 g/mol. The van der Waals surface area contributed by atoms with Gasteiger partial charge in [-0.15, -0.1) is 0 Å². The van der Waals surface area contributed by atoms with Crippen LogP contribution in [0.15, 0.2) is 18.2 Å². The maximum atomic E-state index is 14.1. The zero-order valence-corrected chi connectivity index (χ0v) is 12.2. The van der Waals surface area contributed by atoms with E-state index in [1.807, 2.05) is 6.07 Å². The van der Waals surface area contributed by atoms with E-state index >= 15 is 0 Å². The minimum absolute atomic E-state index is 0.106. The van der Waals surface area contributed by atoms with Crippen molar-refractivity contribution in [2.24, 2.45) is 0 Å². The molecule has 0 spiro atoms. The van der Waals surface area contributed by atoms with Crippen molar-refractivity contribution in [3.8, 4) is 0 Å². The summed E-state index contributed by atoms with van der Waals surface area (Å²) in [6.45, 7) is 4.22. The van der Waals surface area contributed by atoms with E-state index in [9.17, 15) is 9.50 Å². The number of hydrogen-bond donors (Lipinski definition) is 2. The molecule has 0 aliphatic heterocycles. The number of anilines is 1. The number of rotatable bonds is 8. The van der Waals surface area contributed by atoms with E-state index in [0.717, 1.165) is 37.1 Å². The molecule has 20 heavy (non-hydrogen) atoms. The van der Waals surface area contributed by atoms with Crippen molar-refractivity contribution in [1.82, 2.24) is 5.32 Å². The van der Waals surface area contributed by atoms with Crippen LogP contribution in [0.25, 0.3) is 0 Å². The number of hydrogen-bond acceptors (Lipinski definition) is 3. The topological polar surface area (TPSA) is 35.5 Å². The van der Waals surface area contributed by atoms with Gasteiger partial charge in [-0.2, -0.15) is 0 Å². The third kappa shape index (κ3) is 3.49. The Bertz CT molecular complexity index is 421. The number of benzene rings is 1. The average Bonchev–Trinajstić information content (AvgIpc) is 2.38. The first-order valence-electron chi connectivity index (χ1n) is 7.63. The molecule has 1 aromatic carbocycles. The molecular formula is C16H25FN2O. The van der Waals surface area contributed by atoms with Crippen LogP contribution in [0.1, 0.15) is 38.2 Å². The predicted octanol–water partition coefficient (Wildman–Crippen LogP) is 2.68. The highest BCUT2D eigenvalue weighted by atomic mass is 19.1. The Balaban J connectivity index is 2.20. The van der Waals surface area contributed by atoms with Crippen LogP contribution in [0.5, 0.6) is 0 Å². The quantitative estimate of drug-likeness (QED) is 0.719. The molecule has 3 nitrogen and oxygen atoms in total. The summed E-state index contributed by atoms with van der Waals surface area (Å²) < 4.78 is 14.1. The molecule has 0 amide bonds. The molecule has 0 radical (unpaired) electrons. The number of halogens is 1. The summed E-state index contributed by atoms with van der Waals surface area (Å²) in [4.78, 5) is 2.18. The lowest BCUT2D eigenvalue weighted by Crippen LogP contribution is -2.42. The molecule has 112 valence electrons. The lowest BCUT2D eigenvalue weighted by molar-refractivity contribution is 0.283. The van der Waals surface area contributed by atoms with Gasteiger partial charge in [-0.1, -0.05) is 13.0 Å². The van der Waals surface area contributed by atoms with E-state index < -0.39 is 0 Å². The van der Waals surface area contributed by atoms with E-state index in [1.165, 1.54) is 12.5 Å². The third-order valence-corrected chi connectivity index (χ3v) is 3.99. The minimum Gasteiger partial charge on any atom is -0.395 e. The molecular weight excluding hydrogens is 255 g/mol. The van der Waals surface area contributed by atoms with E-state index in [0.29, 0.717) is 19.1 Å². The summed E-state index contributed by atoms with van der Waals surface area (Å²) >= 11 is 0. The predicted molar refractivity (Wildman–Crippen MR) is 80.5 cm³/mol.